The van der Waals surface area contributed by atoms with Crippen molar-refractivity contribution in [2.75, 3.05) is 19.1 Å². The van der Waals surface area contributed by atoms with Crippen LogP contribution in [-0.2, 0) is 0 Å². The highest BCUT2D eigenvalue weighted by molar-refractivity contribution is 7.17. The maximum Gasteiger partial charge on any atom is 0.179 e. The number of anilines is 3. The van der Waals surface area contributed by atoms with Crippen molar-refractivity contribution in [3.63, 3.8) is 0 Å². The van der Waals surface area contributed by atoms with Crippen molar-refractivity contribution in [1.29, 1.82) is 0 Å². The van der Waals surface area contributed by atoms with E-state index in [9.17, 15) is 15.0 Å². The summed E-state index contributed by atoms with van der Waals surface area (Å²) in [6, 6.07) is 23.0. The maximum absolute atomic E-state index is 11.1. The molecule has 4 aromatic rings. The Balaban J connectivity index is 1.76. The van der Waals surface area contributed by atoms with Gasteiger partial charge in [0.15, 0.2) is 17.8 Å². The molecular weight excluding hydrogens is 426 g/mol. The molecule has 1 heterocycles. The molecule has 0 saturated heterocycles. The number of hydrogen-bond acceptors (Lipinski definition) is 7. The first-order valence-corrected chi connectivity index (χ1v) is 10.6. The van der Waals surface area contributed by atoms with Gasteiger partial charge < -0.3 is 24.6 Å². The number of thiophene rings is 1. The van der Waals surface area contributed by atoms with E-state index in [1.54, 1.807) is 14.2 Å². The second-order valence-corrected chi connectivity index (χ2v) is 7.94. The normalized spacial score (nSPS) is 10.6. The van der Waals surface area contributed by atoms with Crippen molar-refractivity contribution in [3.05, 3.63) is 77.7 Å². The van der Waals surface area contributed by atoms with Gasteiger partial charge in [-0.15, -0.1) is 11.3 Å². The van der Waals surface area contributed by atoms with Crippen LogP contribution in [0.5, 0.6) is 23.0 Å². The third kappa shape index (κ3) is 3.98. The number of carbonyl (C=O) groups is 1. The van der Waals surface area contributed by atoms with E-state index in [0.717, 1.165) is 39.9 Å². The number of hydrogen-bond donors (Lipinski definition) is 2. The molecule has 1 aromatic heterocycles. The summed E-state index contributed by atoms with van der Waals surface area (Å²) in [5.41, 5.74) is 3.45. The fourth-order valence-electron chi connectivity index (χ4n) is 3.38. The molecule has 0 amide bonds. The average molecular weight is 448 g/mol. The van der Waals surface area contributed by atoms with Crippen LogP contribution in [0.1, 0.15) is 9.67 Å². The highest BCUT2D eigenvalue weighted by atomic mass is 32.1. The van der Waals surface area contributed by atoms with Crippen molar-refractivity contribution in [2.45, 2.75) is 0 Å². The van der Waals surface area contributed by atoms with Crippen molar-refractivity contribution in [2.24, 2.45) is 0 Å². The zero-order valence-electron chi connectivity index (χ0n) is 17.5. The number of aldehydes is 1. The van der Waals surface area contributed by atoms with E-state index in [0.29, 0.717) is 16.7 Å². The molecule has 32 heavy (non-hydrogen) atoms. The molecule has 0 bridgehead atoms. The molecule has 0 radical (unpaired) electrons. The average Bonchev–Trinajstić information content (AvgIpc) is 3.14. The van der Waals surface area contributed by atoms with Crippen molar-refractivity contribution < 1.29 is 24.5 Å². The molecule has 0 unspecified atom stereocenters. The SMILES string of the molecule is COc1ccc(N(c2ccc(OC)cc2)c2ccc(-c3sc(C=O)c(O)c3O)cc2)cc1. The van der Waals surface area contributed by atoms with Crippen LogP contribution in [0, 0.1) is 0 Å². The van der Waals surface area contributed by atoms with Gasteiger partial charge in [-0.05, 0) is 66.2 Å². The number of ether oxygens (including phenoxy) is 2. The van der Waals surface area contributed by atoms with Gasteiger partial charge in [0.05, 0.1) is 19.1 Å². The Labute approximate surface area is 189 Å². The quantitative estimate of drug-likeness (QED) is 0.332. The Morgan fingerprint density at radius 3 is 1.53 bits per heavy atom. The highest BCUT2D eigenvalue weighted by Gasteiger charge is 2.19. The van der Waals surface area contributed by atoms with E-state index in [2.05, 4.69) is 4.90 Å². The minimum Gasteiger partial charge on any atom is -0.503 e. The zero-order chi connectivity index (χ0) is 22.7. The highest BCUT2D eigenvalue weighted by Crippen LogP contribution is 2.46. The molecule has 6 nitrogen and oxygen atoms in total. The number of carbonyl (C=O) groups excluding carboxylic acids is 1. The van der Waals surface area contributed by atoms with E-state index in [-0.39, 0.29) is 16.4 Å². The van der Waals surface area contributed by atoms with E-state index in [1.807, 2.05) is 72.8 Å². The standard InChI is InChI=1S/C25H21NO5S/c1-30-20-11-7-18(8-12-20)26(19-9-13-21(31-2)14-10-19)17-5-3-16(4-6-17)25-24(29)23(28)22(15-27)32-25/h3-15,28-29H,1-2H3. The third-order valence-corrected chi connectivity index (χ3v) is 6.18. The Morgan fingerprint density at radius 2 is 1.16 bits per heavy atom. The summed E-state index contributed by atoms with van der Waals surface area (Å²) < 4.78 is 10.6. The largest absolute Gasteiger partial charge is 0.503 e. The predicted molar refractivity (Wildman–Crippen MR) is 126 cm³/mol. The Bertz CT molecular complexity index is 1170. The summed E-state index contributed by atoms with van der Waals surface area (Å²) in [7, 11) is 3.26. The number of aromatic hydroxyl groups is 2. The van der Waals surface area contributed by atoms with Crippen LogP contribution in [-0.4, -0.2) is 30.7 Å². The fourth-order valence-corrected chi connectivity index (χ4v) is 4.29. The van der Waals surface area contributed by atoms with E-state index >= 15 is 0 Å². The summed E-state index contributed by atoms with van der Waals surface area (Å²) in [6.45, 7) is 0. The molecule has 0 spiro atoms. The summed E-state index contributed by atoms with van der Waals surface area (Å²) in [6.07, 6.45) is 0.534. The van der Waals surface area contributed by atoms with Gasteiger partial charge in [-0.2, -0.15) is 0 Å². The van der Waals surface area contributed by atoms with Gasteiger partial charge in [0.2, 0.25) is 0 Å². The molecule has 0 aliphatic rings. The van der Waals surface area contributed by atoms with Crippen LogP contribution in [0.2, 0.25) is 0 Å². The van der Waals surface area contributed by atoms with Crippen molar-refractivity contribution in [3.8, 4) is 33.4 Å². The molecule has 0 atom stereocenters. The lowest BCUT2D eigenvalue weighted by Crippen LogP contribution is -2.09. The molecule has 0 saturated carbocycles. The molecule has 7 heteroatoms. The maximum atomic E-state index is 11.1. The van der Waals surface area contributed by atoms with Gasteiger partial charge in [-0.1, -0.05) is 12.1 Å². The van der Waals surface area contributed by atoms with Crippen LogP contribution < -0.4 is 14.4 Å². The van der Waals surface area contributed by atoms with Gasteiger partial charge in [0.25, 0.3) is 0 Å². The molecule has 0 aliphatic heterocycles. The fraction of sp³-hybridized carbons (Fsp3) is 0.0800. The lowest BCUT2D eigenvalue weighted by Gasteiger charge is -2.26. The minimum absolute atomic E-state index is 0.0969. The lowest BCUT2D eigenvalue weighted by molar-refractivity contribution is 0.112. The van der Waals surface area contributed by atoms with Crippen LogP contribution in [0.25, 0.3) is 10.4 Å². The summed E-state index contributed by atoms with van der Waals surface area (Å²) in [4.78, 5) is 13.7. The minimum atomic E-state index is -0.387. The summed E-state index contributed by atoms with van der Waals surface area (Å²) >= 11 is 1.04. The van der Waals surface area contributed by atoms with E-state index in [4.69, 9.17) is 9.47 Å². The lowest BCUT2D eigenvalue weighted by atomic mass is 10.1. The second-order valence-electron chi connectivity index (χ2n) is 6.89. The van der Waals surface area contributed by atoms with Crippen molar-refractivity contribution in [1.82, 2.24) is 0 Å². The second kappa shape index (κ2) is 9.03. The molecule has 3 aromatic carbocycles. The molecule has 0 aliphatic carbocycles. The molecular formula is C25H21NO5S. The Kier molecular flexibility index (Phi) is 6.00. The van der Waals surface area contributed by atoms with E-state index < -0.39 is 0 Å². The van der Waals surface area contributed by atoms with Gasteiger partial charge in [-0.3, -0.25) is 4.79 Å². The Hall–Kier alpha value is -3.97. The number of benzene rings is 3. The molecule has 162 valence electrons. The van der Waals surface area contributed by atoms with Gasteiger partial charge in [0.1, 0.15) is 16.4 Å². The topological polar surface area (TPSA) is 79.2 Å². The van der Waals surface area contributed by atoms with Crippen molar-refractivity contribution >= 4 is 34.7 Å². The van der Waals surface area contributed by atoms with Crippen LogP contribution in [0.3, 0.4) is 0 Å². The Morgan fingerprint density at radius 1 is 0.719 bits per heavy atom. The molecule has 2 N–H and O–H groups in total. The summed E-state index contributed by atoms with van der Waals surface area (Å²) in [5.74, 6) is 0.852. The first-order valence-electron chi connectivity index (χ1n) is 9.74. The number of methoxy groups -OCH3 is 2. The number of rotatable bonds is 7. The first-order chi connectivity index (χ1) is 15.5. The first kappa shape index (κ1) is 21.3. The van der Waals surface area contributed by atoms with Gasteiger partial charge >= 0.3 is 0 Å². The van der Waals surface area contributed by atoms with Gasteiger partial charge in [-0.25, -0.2) is 0 Å². The third-order valence-electron chi connectivity index (χ3n) is 5.04. The molecule has 4 rings (SSSR count). The molecule has 0 fully saturated rings. The summed E-state index contributed by atoms with van der Waals surface area (Å²) in [5, 5.41) is 20.1. The monoisotopic (exact) mass is 447 g/mol. The zero-order valence-corrected chi connectivity index (χ0v) is 18.3. The van der Waals surface area contributed by atoms with Crippen LogP contribution in [0.15, 0.2) is 72.8 Å². The number of nitrogens with zero attached hydrogens (tertiary/aromatic N) is 1. The smallest absolute Gasteiger partial charge is 0.179 e. The van der Waals surface area contributed by atoms with Gasteiger partial charge in [0, 0.05) is 17.1 Å². The van der Waals surface area contributed by atoms with Crippen LogP contribution in [0.4, 0.5) is 17.1 Å². The predicted octanol–water partition coefficient (Wildman–Crippen LogP) is 6.13. The van der Waals surface area contributed by atoms with Crippen LogP contribution >= 0.6 is 11.3 Å². The van der Waals surface area contributed by atoms with E-state index in [1.165, 1.54) is 0 Å².